The summed E-state index contributed by atoms with van der Waals surface area (Å²) in [6.07, 6.45) is 2.11. The number of pyridine rings is 1. The van der Waals surface area contributed by atoms with Crippen LogP contribution in [0.25, 0.3) is 10.9 Å². The molecule has 2 heteroatoms. The molecule has 0 fully saturated rings. The van der Waals surface area contributed by atoms with Gasteiger partial charge in [0.05, 0.1) is 5.52 Å². The molecule has 0 aliphatic carbocycles. The summed E-state index contributed by atoms with van der Waals surface area (Å²) in [4.78, 5) is 4.72. The van der Waals surface area contributed by atoms with Gasteiger partial charge in [0.2, 0.25) is 0 Å². The maximum atomic E-state index is 4.72. The van der Waals surface area contributed by atoms with Gasteiger partial charge in [0, 0.05) is 23.3 Å². The van der Waals surface area contributed by atoms with Crippen molar-refractivity contribution in [2.24, 2.45) is 0 Å². The first-order valence-corrected chi connectivity index (χ1v) is 7.33. The number of fused-ring (bicyclic) bond motifs is 1. The molecule has 1 aromatic heterocycles. The van der Waals surface area contributed by atoms with E-state index in [-0.39, 0.29) is 0 Å². The molecule has 1 aromatic carbocycles. The number of nitrogens with zero attached hydrogens (tertiary/aromatic N) is 1. The van der Waals surface area contributed by atoms with E-state index >= 15 is 0 Å². The van der Waals surface area contributed by atoms with E-state index in [0.29, 0.717) is 5.92 Å². The highest BCUT2D eigenvalue weighted by atomic mass is 14.9. The number of rotatable bonds is 5. The Morgan fingerprint density at radius 2 is 1.95 bits per heavy atom. The van der Waals surface area contributed by atoms with Crippen LogP contribution < -0.4 is 5.32 Å². The van der Waals surface area contributed by atoms with Crippen molar-refractivity contribution in [3.8, 4) is 0 Å². The molecule has 19 heavy (non-hydrogen) atoms. The highest BCUT2D eigenvalue weighted by molar-refractivity contribution is 5.92. The van der Waals surface area contributed by atoms with Crippen molar-refractivity contribution in [2.45, 2.75) is 46.5 Å². The van der Waals surface area contributed by atoms with Gasteiger partial charge in [0.1, 0.15) is 0 Å². The first kappa shape index (κ1) is 13.9. The number of aryl methyl sites for hydroxylation is 1. The monoisotopic (exact) mass is 256 g/mol. The Labute approximate surface area is 116 Å². The van der Waals surface area contributed by atoms with Gasteiger partial charge in [-0.1, -0.05) is 33.8 Å². The molecule has 2 aromatic rings. The van der Waals surface area contributed by atoms with Crippen molar-refractivity contribution in [1.29, 1.82) is 0 Å². The molecule has 0 amide bonds. The van der Waals surface area contributed by atoms with Crippen molar-refractivity contribution in [3.05, 3.63) is 35.5 Å². The fraction of sp³-hybridized carbons (Fsp3) is 0.471. The van der Waals surface area contributed by atoms with Gasteiger partial charge in [-0.2, -0.15) is 0 Å². The highest BCUT2D eigenvalue weighted by Crippen LogP contribution is 2.27. The normalized spacial score (nSPS) is 11.2. The molecule has 0 radical (unpaired) electrons. The maximum absolute atomic E-state index is 4.72. The van der Waals surface area contributed by atoms with Crippen molar-refractivity contribution >= 4 is 16.6 Å². The van der Waals surface area contributed by atoms with E-state index in [1.807, 2.05) is 0 Å². The Kier molecular flexibility index (Phi) is 4.41. The summed E-state index contributed by atoms with van der Waals surface area (Å²) >= 11 is 0. The SMILES string of the molecule is CCCNc1cc(CC)nc2ccc(C(C)C)cc12. The van der Waals surface area contributed by atoms with Crippen LogP contribution in [0.15, 0.2) is 24.3 Å². The van der Waals surface area contributed by atoms with Gasteiger partial charge in [0.15, 0.2) is 0 Å². The van der Waals surface area contributed by atoms with Crippen molar-refractivity contribution in [2.75, 3.05) is 11.9 Å². The number of anilines is 1. The van der Waals surface area contributed by atoms with Crippen LogP contribution in [-0.2, 0) is 6.42 Å². The van der Waals surface area contributed by atoms with E-state index in [1.165, 1.54) is 16.6 Å². The fourth-order valence-corrected chi connectivity index (χ4v) is 2.24. The Morgan fingerprint density at radius 1 is 1.16 bits per heavy atom. The van der Waals surface area contributed by atoms with Crippen LogP contribution in [-0.4, -0.2) is 11.5 Å². The summed E-state index contributed by atoms with van der Waals surface area (Å²) in [5.74, 6) is 0.550. The van der Waals surface area contributed by atoms with E-state index in [9.17, 15) is 0 Å². The lowest BCUT2D eigenvalue weighted by molar-refractivity contribution is 0.868. The first-order valence-electron chi connectivity index (χ1n) is 7.33. The fourth-order valence-electron chi connectivity index (χ4n) is 2.24. The minimum atomic E-state index is 0.550. The molecule has 0 saturated carbocycles. The molecule has 0 spiro atoms. The highest BCUT2D eigenvalue weighted by Gasteiger charge is 2.07. The average molecular weight is 256 g/mol. The largest absolute Gasteiger partial charge is 0.384 e. The lowest BCUT2D eigenvalue weighted by Crippen LogP contribution is -2.03. The molecule has 0 unspecified atom stereocenters. The Morgan fingerprint density at radius 3 is 2.58 bits per heavy atom. The Hall–Kier alpha value is -1.57. The number of hydrogen-bond donors (Lipinski definition) is 1. The second-order valence-corrected chi connectivity index (χ2v) is 5.37. The van der Waals surface area contributed by atoms with Crippen LogP contribution in [0.1, 0.15) is 51.3 Å². The summed E-state index contributed by atoms with van der Waals surface area (Å²) in [7, 11) is 0. The third-order valence-corrected chi connectivity index (χ3v) is 3.48. The number of nitrogens with one attached hydrogen (secondary N) is 1. The van der Waals surface area contributed by atoms with Crippen LogP contribution in [0.3, 0.4) is 0 Å². The second-order valence-electron chi connectivity index (χ2n) is 5.37. The van der Waals surface area contributed by atoms with E-state index in [4.69, 9.17) is 4.98 Å². The van der Waals surface area contributed by atoms with Crippen LogP contribution in [0.2, 0.25) is 0 Å². The number of aromatic nitrogens is 1. The van der Waals surface area contributed by atoms with Crippen LogP contribution in [0, 0.1) is 0 Å². The Balaban J connectivity index is 2.55. The smallest absolute Gasteiger partial charge is 0.0726 e. The minimum Gasteiger partial charge on any atom is -0.384 e. The van der Waals surface area contributed by atoms with Crippen LogP contribution in [0.4, 0.5) is 5.69 Å². The van der Waals surface area contributed by atoms with Gasteiger partial charge < -0.3 is 5.32 Å². The molecule has 102 valence electrons. The van der Waals surface area contributed by atoms with Crippen molar-refractivity contribution in [3.63, 3.8) is 0 Å². The lowest BCUT2D eigenvalue weighted by Gasteiger charge is -2.13. The summed E-state index contributed by atoms with van der Waals surface area (Å²) in [5, 5.41) is 4.79. The standard InChI is InChI=1S/C17H24N2/c1-5-9-18-17-11-14(6-2)19-16-8-7-13(12(3)4)10-15(16)17/h7-8,10-12H,5-6,9H2,1-4H3,(H,18,19). The third kappa shape index (κ3) is 3.06. The van der Waals surface area contributed by atoms with Gasteiger partial charge in [-0.15, -0.1) is 0 Å². The first-order chi connectivity index (χ1) is 9.15. The lowest BCUT2D eigenvalue weighted by atomic mass is 10.00. The van der Waals surface area contributed by atoms with E-state index in [2.05, 4.69) is 57.3 Å². The predicted molar refractivity (Wildman–Crippen MR) is 84.0 cm³/mol. The summed E-state index contributed by atoms with van der Waals surface area (Å²) in [6.45, 7) is 9.81. The molecule has 0 saturated heterocycles. The number of benzene rings is 1. The Bertz CT molecular complexity index is 558. The summed E-state index contributed by atoms with van der Waals surface area (Å²) in [5.41, 5.74) is 4.86. The van der Waals surface area contributed by atoms with Gasteiger partial charge in [-0.05, 0) is 42.5 Å². The topological polar surface area (TPSA) is 24.9 Å². The zero-order valence-corrected chi connectivity index (χ0v) is 12.5. The molecule has 1 N–H and O–H groups in total. The predicted octanol–water partition coefficient (Wildman–Crippen LogP) is 4.74. The van der Waals surface area contributed by atoms with Crippen molar-refractivity contribution < 1.29 is 0 Å². The molecule has 0 atom stereocenters. The molecular formula is C17H24N2. The van der Waals surface area contributed by atoms with Gasteiger partial charge in [0.25, 0.3) is 0 Å². The van der Waals surface area contributed by atoms with Gasteiger partial charge in [-0.25, -0.2) is 0 Å². The van der Waals surface area contributed by atoms with E-state index < -0.39 is 0 Å². The van der Waals surface area contributed by atoms with E-state index in [0.717, 1.165) is 30.6 Å². The van der Waals surface area contributed by atoms with Crippen LogP contribution in [0.5, 0.6) is 0 Å². The maximum Gasteiger partial charge on any atom is 0.0726 e. The molecule has 0 bridgehead atoms. The summed E-state index contributed by atoms with van der Waals surface area (Å²) in [6, 6.07) is 8.83. The molecule has 2 nitrogen and oxygen atoms in total. The third-order valence-electron chi connectivity index (χ3n) is 3.48. The number of hydrogen-bond acceptors (Lipinski definition) is 2. The van der Waals surface area contributed by atoms with Crippen molar-refractivity contribution in [1.82, 2.24) is 4.98 Å². The van der Waals surface area contributed by atoms with Gasteiger partial charge >= 0.3 is 0 Å². The molecule has 0 aliphatic heterocycles. The molecule has 1 heterocycles. The van der Waals surface area contributed by atoms with Crippen LogP contribution >= 0.6 is 0 Å². The molecule has 2 rings (SSSR count). The second kappa shape index (κ2) is 6.05. The minimum absolute atomic E-state index is 0.550. The zero-order chi connectivity index (χ0) is 13.8. The summed E-state index contributed by atoms with van der Waals surface area (Å²) < 4.78 is 0. The quantitative estimate of drug-likeness (QED) is 0.835. The average Bonchev–Trinajstić information content (AvgIpc) is 2.43. The molecule has 0 aliphatic rings. The van der Waals surface area contributed by atoms with Gasteiger partial charge in [-0.3, -0.25) is 4.98 Å². The zero-order valence-electron chi connectivity index (χ0n) is 12.5. The molecular weight excluding hydrogens is 232 g/mol. The van der Waals surface area contributed by atoms with E-state index in [1.54, 1.807) is 0 Å².